The van der Waals surface area contributed by atoms with Gasteiger partial charge in [-0.3, -0.25) is 24.0 Å². The van der Waals surface area contributed by atoms with Gasteiger partial charge in [0.1, 0.15) is 24.2 Å². The number of nitrogens with zero attached hydrogens (tertiary/aromatic N) is 3. The van der Waals surface area contributed by atoms with Gasteiger partial charge in [-0.05, 0) is 61.1 Å². The van der Waals surface area contributed by atoms with Crippen LogP contribution in [0.15, 0.2) is 30.3 Å². The summed E-state index contributed by atoms with van der Waals surface area (Å²) in [5, 5.41) is 8.93. The minimum Gasteiger partial charge on any atom is -0.354 e. The zero-order valence-electron chi connectivity index (χ0n) is 32.2. The van der Waals surface area contributed by atoms with Crippen LogP contribution in [0, 0.1) is 23.7 Å². The largest absolute Gasteiger partial charge is 0.354 e. The van der Waals surface area contributed by atoms with Crippen LogP contribution in [-0.4, -0.2) is 121 Å². The Labute approximate surface area is 300 Å². The number of thioether (sulfide) groups is 1. The SMILES string of the molecule is CN[C@H](C(=O)N[C@H](C(=O)N(C)[C@@H](CCSC)C(=O)N(C)[C@H](C(=O)N(C)[C@H](C(=O)NCCc1ccccc1)C(C)C)C(C)C)C(C)C)C(C)C. The number of benzene rings is 1. The maximum absolute atomic E-state index is 14.3. The fourth-order valence-electron chi connectivity index (χ4n) is 6.23. The number of amides is 5. The van der Waals surface area contributed by atoms with Crippen molar-refractivity contribution in [3.8, 4) is 0 Å². The molecule has 1 rings (SSSR count). The summed E-state index contributed by atoms with van der Waals surface area (Å²) < 4.78 is 0. The summed E-state index contributed by atoms with van der Waals surface area (Å²) in [6, 6.07) is 6.06. The molecule has 49 heavy (non-hydrogen) atoms. The van der Waals surface area contributed by atoms with Crippen molar-refractivity contribution in [2.75, 3.05) is 46.7 Å². The molecule has 0 saturated heterocycles. The van der Waals surface area contributed by atoms with E-state index in [-0.39, 0.29) is 53.2 Å². The third-order valence-corrected chi connectivity index (χ3v) is 9.70. The van der Waals surface area contributed by atoms with E-state index in [1.54, 1.807) is 40.0 Å². The van der Waals surface area contributed by atoms with E-state index in [9.17, 15) is 24.0 Å². The average molecular weight is 705 g/mol. The smallest absolute Gasteiger partial charge is 0.246 e. The molecule has 0 fully saturated rings. The summed E-state index contributed by atoms with van der Waals surface area (Å²) in [5.74, 6) is -1.70. The monoisotopic (exact) mass is 704 g/mol. The lowest BCUT2D eigenvalue weighted by atomic mass is 9.96. The Bertz CT molecular complexity index is 1210. The van der Waals surface area contributed by atoms with Gasteiger partial charge < -0.3 is 30.7 Å². The fraction of sp³-hybridized carbons (Fsp3) is 0.703. The molecule has 0 unspecified atom stereocenters. The summed E-state index contributed by atoms with van der Waals surface area (Å²) in [6.45, 7) is 15.5. The minimum atomic E-state index is -0.876. The Morgan fingerprint density at radius 3 is 1.67 bits per heavy atom. The molecule has 11 nitrogen and oxygen atoms in total. The molecule has 5 atom stereocenters. The molecule has 1 aromatic carbocycles. The van der Waals surface area contributed by atoms with Gasteiger partial charge in [0.15, 0.2) is 0 Å². The minimum absolute atomic E-state index is 0.00879. The van der Waals surface area contributed by atoms with Gasteiger partial charge in [0.25, 0.3) is 0 Å². The van der Waals surface area contributed by atoms with E-state index < -0.39 is 30.2 Å². The van der Waals surface area contributed by atoms with E-state index >= 15 is 0 Å². The predicted octanol–water partition coefficient (Wildman–Crippen LogP) is 3.28. The molecule has 278 valence electrons. The highest BCUT2D eigenvalue weighted by Gasteiger charge is 2.41. The van der Waals surface area contributed by atoms with E-state index in [0.29, 0.717) is 25.1 Å². The Hall–Kier alpha value is -3.12. The number of carbonyl (C=O) groups excluding carboxylic acids is 5. The molecule has 0 spiro atoms. The van der Waals surface area contributed by atoms with Crippen LogP contribution in [-0.2, 0) is 30.4 Å². The zero-order valence-corrected chi connectivity index (χ0v) is 33.0. The quantitative estimate of drug-likeness (QED) is 0.190. The van der Waals surface area contributed by atoms with Gasteiger partial charge in [-0.1, -0.05) is 85.7 Å². The molecule has 0 heterocycles. The molecule has 0 saturated carbocycles. The van der Waals surface area contributed by atoms with E-state index in [1.165, 1.54) is 14.7 Å². The molecule has 0 aliphatic rings. The molecular formula is C37H64N6O5S. The highest BCUT2D eigenvalue weighted by molar-refractivity contribution is 7.98. The van der Waals surface area contributed by atoms with Crippen molar-refractivity contribution < 1.29 is 24.0 Å². The van der Waals surface area contributed by atoms with Crippen molar-refractivity contribution >= 4 is 41.3 Å². The zero-order chi connectivity index (χ0) is 37.6. The number of rotatable bonds is 20. The van der Waals surface area contributed by atoms with Crippen molar-refractivity contribution in [1.29, 1.82) is 0 Å². The molecule has 3 N–H and O–H groups in total. The summed E-state index contributed by atoms with van der Waals surface area (Å²) >= 11 is 1.56. The van der Waals surface area contributed by atoms with Crippen molar-refractivity contribution in [3.63, 3.8) is 0 Å². The summed E-state index contributed by atoms with van der Waals surface area (Å²) in [6.07, 6.45) is 2.96. The van der Waals surface area contributed by atoms with Crippen molar-refractivity contribution in [2.45, 2.75) is 98.4 Å². The van der Waals surface area contributed by atoms with Gasteiger partial charge in [0.05, 0.1) is 6.04 Å². The molecule has 0 aliphatic heterocycles. The standard InChI is InChI=1S/C37H64N6O5S/c1-23(2)29(38-9)33(44)40-30(24(3)4)36(47)41(10)28(20-22-49-13)35(46)43(12)32(26(7)8)37(48)42(11)31(25(5)6)34(45)39-21-19-27-17-15-14-16-18-27/h14-18,23-26,28-32,38H,19-22H2,1-13H3,(H,39,45)(H,40,44)/t28-,29-,30-,31-,32-/m0/s1. The highest BCUT2D eigenvalue weighted by Crippen LogP contribution is 2.21. The molecule has 0 aliphatic carbocycles. The third-order valence-electron chi connectivity index (χ3n) is 9.06. The molecule has 0 bridgehead atoms. The molecular weight excluding hydrogens is 641 g/mol. The van der Waals surface area contributed by atoms with Crippen LogP contribution in [0.5, 0.6) is 0 Å². The molecule has 12 heteroatoms. The molecule has 1 aromatic rings. The fourth-order valence-corrected chi connectivity index (χ4v) is 6.69. The summed E-state index contributed by atoms with van der Waals surface area (Å²) in [5.41, 5.74) is 1.10. The van der Waals surface area contributed by atoms with Gasteiger partial charge in [0, 0.05) is 27.7 Å². The second-order valence-electron chi connectivity index (χ2n) is 14.3. The van der Waals surface area contributed by atoms with Gasteiger partial charge in [-0.25, -0.2) is 0 Å². The normalized spacial score (nSPS) is 14.6. The van der Waals surface area contributed by atoms with Crippen LogP contribution in [0.1, 0.15) is 67.4 Å². The topological polar surface area (TPSA) is 131 Å². The van der Waals surface area contributed by atoms with E-state index in [4.69, 9.17) is 0 Å². The third kappa shape index (κ3) is 12.6. The number of hydrogen-bond donors (Lipinski definition) is 3. The second-order valence-corrected chi connectivity index (χ2v) is 15.3. The lowest BCUT2D eigenvalue weighted by Crippen LogP contribution is -2.61. The Morgan fingerprint density at radius 2 is 1.20 bits per heavy atom. The maximum Gasteiger partial charge on any atom is 0.246 e. The predicted molar refractivity (Wildman–Crippen MR) is 200 cm³/mol. The molecule has 5 amide bonds. The van der Waals surface area contributed by atoms with Crippen LogP contribution in [0.3, 0.4) is 0 Å². The Kier molecular flexibility index (Phi) is 19.0. The van der Waals surface area contributed by atoms with Crippen LogP contribution in [0.25, 0.3) is 0 Å². The van der Waals surface area contributed by atoms with Crippen molar-refractivity contribution in [2.24, 2.45) is 23.7 Å². The van der Waals surface area contributed by atoms with Gasteiger partial charge in [-0.15, -0.1) is 0 Å². The van der Waals surface area contributed by atoms with Gasteiger partial charge in [-0.2, -0.15) is 11.8 Å². The molecule has 0 radical (unpaired) electrons. The average Bonchev–Trinajstić information content (AvgIpc) is 3.03. The van der Waals surface area contributed by atoms with Gasteiger partial charge in [0.2, 0.25) is 29.5 Å². The first kappa shape index (κ1) is 43.9. The highest BCUT2D eigenvalue weighted by atomic mass is 32.2. The van der Waals surface area contributed by atoms with E-state index in [1.807, 2.05) is 92.0 Å². The first-order chi connectivity index (χ1) is 22.9. The van der Waals surface area contributed by atoms with Crippen LogP contribution >= 0.6 is 11.8 Å². The first-order valence-corrected chi connectivity index (χ1v) is 18.9. The Balaban J connectivity index is 3.29. The van der Waals surface area contributed by atoms with Crippen LogP contribution < -0.4 is 16.0 Å². The van der Waals surface area contributed by atoms with E-state index in [0.717, 1.165) is 5.56 Å². The summed E-state index contributed by atoms with van der Waals surface area (Å²) in [4.78, 5) is 73.4. The second kappa shape index (κ2) is 21.2. The van der Waals surface area contributed by atoms with Gasteiger partial charge >= 0.3 is 0 Å². The van der Waals surface area contributed by atoms with Crippen LogP contribution in [0.2, 0.25) is 0 Å². The van der Waals surface area contributed by atoms with Crippen molar-refractivity contribution in [1.82, 2.24) is 30.7 Å². The number of likely N-dealkylation sites (N-methyl/N-ethyl adjacent to an activating group) is 4. The Morgan fingerprint density at radius 1 is 0.673 bits per heavy atom. The summed E-state index contributed by atoms with van der Waals surface area (Å²) in [7, 11) is 6.51. The number of nitrogens with one attached hydrogen (secondary N) is 3. The lowest BCUT2D eigenvalue weighted by molar-refractivity contribution is -0.154. The molecule has 0 aromatic heterocycles. The number of hydrogen-bond acceptors (Lipinski definition) is 7. The lowest BCUT2D eigenvalue weighted by Gasteiger charge is -2.40. The van der Waals surface area contributed by atoms with Crippen molar-refractivity contribution in [3.05, 3.63) is 35.9 Å². The van der Waals surface area contributed by atoms with Crippen LogP contribution in [0.4, 0.5) is 0 Å². The first-order valence-electron chi connectivity index (χ1n) is 17.5. The van der Waals surface area contributed by atoms with E-state index in [2.05, 4.69) is 16.0 Å². The number of carbonyl (C=O) groups is 5. The maximum atomic E-state index is 14.3.